The molecule has 1 rings (SSSR count). The number of aliphatic hydroxyl groups excluding tert-OH is 1. The number of carbonyl (C=O) groups is 3. The number of aliphatic carboxylic acids is 1. The van der Waals surface area contributed by atoms with E-state index in [1.54, 1.807) is 4.90 Å². The van der Waals surface area contributed by atoms with Crippen LogP contribution in [0.5, 0.6) is 0 Å². The Hall–Kier alpha value is -1.63. The lowest BCUT2D eigenvalue weighted by atomic mass is 9.96. The van der Waals surface area contributed by atoms with E-state index < -0.39 is 12.0 Å². The van der Waals surface area contributed by atoms with Crippen molar-refractivity contribution in [1.82, 2.24) is 10.2 Å². The SMILES string of the molecule is CC(=O)N1CCCC(C(=O)NC(CCO)C(=O)O)C1. The van der Waals surface area contributed by atoms with Crippen molar-refractivity contribution in [2.45, 2.75) is 32.2 Å². The van der Waals surface area contributed by atoms with Crippen LogP contribution in [0.15, 0.2) is 0 Å². The zero-order chi connectivity index (χ0) is 14.4. The number of aliphatic hydroxyl groups is 1. The van der Waals surface area contributed by atoms with Gasteiger partial charge in [0.1, 0.15) is 6.04 Å². The quantitative estimate of drug-likeness (QED) is 0.607. The molecule has 1 aliphatic heterocycles. The molecule has 0 spiro atoms. The van der Waals surface area contributed by atoms with E-state index in [1.165, 1.54) is 6.92 Å². The fourth-order valence-corrected chi connectivity index (χ4v) is 2.15. The van der Waals surface area contributed by atoms with Crippen molar-refractivity contribution in [3.8, 4) is 0 Å². The minimum absolute atomic E-state index is 0.0236. The number of rotatable bonds is 5. The summed E-state index contributed by atoms with van der Waals surface area (Å²) in [7, 11) is 0. The van der Waals surface area contributed by atoms with Crippen LogP contribution in [-0.2, 0) is 14.4 Å². The number of nitrogens with zero attached hydrogens (tertiary/aromatic N) is 1. The molecule has 19 heavy (non-hydrogen) atoms. The Morgan fingerprint density at radius 1 is 1.42 bits per heavy atom. The molecule has 3 N–H and O–H groups in total. The molecule has 0 saturated carbocycles. The Kier molecular flexibility index (Phi) is 5.75. The molecule has 0 aromatic rings. The first-order valence-electron chi connectivity index (χ1n) is 6.35. The van der Waals surface area contributed by atoms with E-state index in [0.717, 1.165) is 6.42 Å². The Morgan fingerprint density at radius 2 is 2.11 bits per heavy atom. The Labute approximate surface area is 111 Å². The number of carboxylic acids is 1. The molecular weight excluding hydrogens is 252 g/mol. The average molecular weight is 272 g/mol. The number of piperidine rings is 1. The first-order chi connectivity index (χ1) is 8.95. The molecule has 2 atom stereocenters. The molecule has 1 saturated heterocycles. The maximum absolute atomic E-state index is 12.0. The van der Waals surface area contributed by atoms with Gasteiger partial charge in [0.25, 0.3) is 0 Å². The lowest BCUT2D eigenvalue weighted by Gasteiger charge is -2.31. The minimum atomic E-state index is -1.17. The van der Waals surface area contributed by atoms with Gasteiger partial charge in [0.2, 0.25) is 11.8 Å². The Balaban J connectivity index is 2.56. The molecule has 0 radical (unpaired) electrons. The molecule has 1 aliphatic rings. The number of nitrogens with one attached hydrogen (secondary N) is 1. The first-order valence-corrected chi connectivity index (χ1v) is 6.35. The highest BCUT2D eigenvalue weighted by molar-refractivity contribution is 5.85. The molecule has 0 aliphatic carbocycles. The molecule has 0 aromatic heterocycles. The van der Waals surface area contributed by atoms with Crippen LogP contribution < -0.4 is 5.32 Å². The van der Waals surface area contributed by atoms with E-state index in [9.17, 15) is 14.4 Å². The van der Waals surface area contributed by atoms with Crippen molar-refractivity contribution in [2.24, 2.45) is 5.92 Å². The molecule has 7 heteroatoms. The van der Waals surface area contributed by atoms with Crippen molar-refractivity contribution < 1.29 is 24.6 Å². The fraction of sp³-hybridized carbons (Fsp3) is 0.750. The fourth-order valence-electron chi connectivity index (χ4n) is 2.15. The second kappa shape index (κ2) is 7.08. The molecule has 0 aromatic carbocycles. The van der Waals surface area contributed by atoms with E-state index in [-0.39, 0.29) is 30.8 Å². The van der Waals surface area contributed by atoms with Gasteiger partial charge in [-0.25, -0.2) is 4.79 Å². The van der Waals surface area contributed by atoms with Crippen LogP contribution in [0.2, 0.25) is 0 Å². The van der Waals surface area contributed by atoms with E-state index in [4.69, 9.17) is 10.2 Å². The summed E-state index contributed by atoms with van der Waals surface area (Å²) in [5.74, 6) is -1.99. The van der Waals surface area contributed by atoms with Gasteiger partial charge in [-0.05, 0) is 12.8 Å². The summed E-state index contributed by atoms with van der Waals surface area (Å²) in [5.41, 5.74) is 0. The summed E-state index contributed by atoms with van der Waals surface area (Å²) in [6, 6.07) is -1.08. The molecule has 0 bridgehead atoms. The average Bonchev–Trinajstić information content (AvgIpc) is 2.38. The monoisotopic (exact) mass is 272 g/mol. The predicted molar refractivity (Wildman–Crippen MR) is 66.2 cm³/mol. The summed E-state index contributed by atoms with van der Waals surface area (Å²) < 4.78 is 0. The Bertz CT molecular complexity index is 358. The van der Waals surface area contributed by atoms with Crippen LogP contribution in [0, 0.1) is 5.92 Å². The number of amides is 2. The third-order valence-electron chi connectivity index (χ3n) is 3.27. The van der Waals surface area contributed by atoms with E-state index >= 15 is 0 Å². The van der Waals surface area contributed by atoms with E-state index in [0.29, 0.717) is 19.5 Å². The third-order valence-corrected chi connectivity index (χ3v) is 3.27. The van der Waals surface area contributed by atoms with Gasteiger partial charge in [-0.15, -0.1) is 0 Å². The zero-order valence-electron chi connectivity index (χ0n) is 11.0. The summed E-state index contributed by atoms with van der Waals surface area (Å²) in [4.78, 5) is 35.7. The number of carbonyl (C=O) groups excluding carboxylic acids is 2. The Morgan fingerprint density at radius 3 is 2.63 bits per heavy atom. The highest BCUT2D eigenvalue weighted by atomic mass is 16.4. The van der Waals surface area contributed by atoms with Gasteiger partial charge in [-0.3, -0.25) is 9.59 Å². The van der Waals surface area contributed by atoms with Gasteiger partial charge in [-0.2, -0.15) is 0 Å². The van der Waals surface area contributed by atoms with Crippen LogP contribution in [0.3, 0.4) is 0 Å². The lowest BCUT2D eigenvalue weighted by molar-refractivity contribution is -0.144. The van der Waals surface area contributed by atoms with Gasteiger partial charge in [0, 0.05) is 33.0 Å². The first kappa shape index (κ1) is 15.4. The number of hydrogen-bond acceptors (Lipinski definition) is 4. The third kappa shape index (κ3) is 4.51. The highest BCUT2D eigenvalue weighted by Gasteiger charge is 2.29. The number of hydrogen-bond donors (Lipinski definition) is 3. The van der Waals surface area contributed by atoms with Gasteiger partial charge in [0.15, 0.2) is 0 Å². The summed E-state index contributed by atoms with van der Waals surface area (Å²) in [6.07, 6.45) is 1.35. The van der Waals surface area contributed by atoms with Crippen molar-refractivity contribution in [1.29, 1.82) is 0 Å². The zero-order valence-corrected chi connectivity index (χ0v) is 11.0. The maximum Gasteiger partial charge on any atom is 0.326 e. The molecular formula is C12H20N2O5. The van der Waals surface area contributed by atoms with Crippen molar-refractivity contribution >= 4 is 17.8 Å². The maximum atomic E-state index is 12.0. The van der Waals surface area contributed by atoms with Gasteiger partial charge in [-0.1, -0.05) is 0 Å². The molecule has 7 nitrogen and oxygen atoms in total. The minimum Gasteiger partial charge on any atom is -0.480 e. The summed E-state index contributed by atoms with van der Waals surface area (Å²) in [6.45, 7) is 2.11. The predicted octanol–water partition coefficient (Wildman–Crippen LogP) is -0.803. The van der Waals surface area contributed by atoms with Crippen LogP contribution >= 0.6 is 0 Å². The van der Waals surface area contributed by atoms with Crippen LogP contribution in [0.25, 0.3) is 0 Å². The second-order valence-electron chi connectivity index (χ2n) is 4.72. The number of carboxylic acid groups (broad SMARTS) is 1. The smallest absolute Gasteiger partial charge is 0.326 e. The highest BCUT2D eigenvalue weighted by Crippen LogP contribution is 2.17. The van der Waals surface area contributed by atoms with Crippen LogP contribution in [0.1, 0.15) is 26.2 Å². The van der Waals surface area contributed by atoms with Gasteiger partial charge in [0.05, 0.1) is 5.92 Å². The van der Waals surface area contributed by atoms with E-state index in [2.05, 4.69) is 5.32 Å². The number of likely N-dealkylation sites (tertiary alicyclic amines) is 1. The summed E-state index contributed by atoms with van der Waals surface area (Å²) in [5, 5.41) is 20.1. The summed E-state index contributed by atoms with van der Waals surface area (Å²) >= 11 is 0. The largest absolute Gasteiger partial charge is 0.480 e. The second-order valence-corrected chi connectivity index (χ2v) is 4.72. The van der Waals surface area contributed by atoms with Gasteiger partial charge >= 0.3 is 5.97 Å². The lowest BCUT2D eigenvalue weighted by Crippen LogP contribution is -2.49. The van der Waals surface area contributed by atoms with Crippen LogP contribution in [0.4, 0.5) is 0 Å². The van der Waals surface area contributed by atoms with Crippen LogP contribution in [-0.4, -0.2) is 58.6 Å². The van der Waals surface area contributed by atoms with Crippen molar-refractivity contribution in [2.75, 3.05) is 19.7 Å². The van der Waals surface area contributed by atoms with E-state index in [1.807, 2.05) is 0 Å². The molecule has 2 amide bonds. The standard InChI is InChI=1S/C12H20N2O5/c1-8(16)14-5-2-3-9(7-14)11(17)13-10(4-6-15)12(18)19/h9-10,15H,2-7H2,1H3,(H,13,17)(H,18,19). The topological polar surface area (TPSA) is 107 Å². The molecule has 108 valence electrons. The van der Waals surface area contributed by atoms with Crippen molar-refractivity contribution in [3.63, 3.8) is 0 Å². The normalized spacial score (nSPS) is 20.7. The van der Waals surface area contributed by atoms with Gasteiger partial charge < -0.3 is 20.4 Å². The molecule has 2 unspecified atom stereocenters. The molecule has 1 heterocycles. The molecule has 1 fully saturated rings. The van der Waals surface area contributed by atoms with Crippen molar-refractivity contribution in [3.05, 3.63) is 0 Å².